The Bertz CT molecular complexity index is 73.9. The number of hydrogen-bond acceptors (Lipinski definition) is 3. The number of nitrogens with one attached hydrogen (secondary N) is 1. The third kappa shape index (κ3) is 11.1. The molecule has 0 saturated carbocycles. The van der Waals surface area contributed by atoms with Crippen LogP contribution in [0.4, 0.5) is 0 Å². The molecular formula is C2H3N3S. The summed E-state index contributed by atoms with van der Waals surface area (Å²) in [5, 5.41) is 16.7. The predicted molar refractivity (Wildman–Crippen MR) is 24.7 cm³/mol. The van der Waals surface area contributed by atoms with Crippen molar-refractivity contribution < 1.29 is 0 Å². The molecule has 0 aromatic rings. The van der Waals surface area contributed by atoms with E-state index in [0.717, 1.165) is 0 Å². The second-order valence-corrected chi connectivity index (χ2v) is 0.349. The zero-order valence-corrected chi connectivity index (χ0v) is 3.89. The highest BCUT2D eigenvalue weighted by Gasteiger charge is 1.53. The van der Waals surface area contributed by atoms with Crippen LogP contribution in [0.25, 0.3) is 0 Å². The Morgan fingerprint density at radius 3 is 1.50 bits per heavy atom. The van der Waals surface area contributed by atoms with E-state index < -0.39 is 0 Å². The van der Waals surface area contributed by atoms with Gasteiger partial charge in [-0.1, -0.05) is 0 Å². The summed E-state index contributed by atoms with van der Waals surface area (Å²) in [4.78, 5) is 0. The molecule has 0 aromatic carbocycles. The van der Waals surface area contributed by atoms with Crippen LogP contribution in [0.2, 0.25) is 0 Å². The first-order chi connectivity index (χ1) is 2.41. The van der Waals surface area contributed by atoms with Gasteiger partial charge in [0.05, 0.1) is 0 Å². The summed E-state index contributed by atoms with van der Waals surface area (Å²) in [5.74, 6) is 0. The third-order valence-corrected chi connectivity index (χ3v) is 0.112. The van der Waals surface area contributed by atoms with E-state index in [2.05, 4.69) is 0 Å². The van der Waals surface area contributed by atoms with Crippen molar-refractivity contribution in [2.75, 3.05) is 0 Å². The van der Waals surface area contributed by atoms with Gasteiger partial charge in [0.25, 0.3) is 0 Å². The van der Waals surface area contributed by atoms with Crippen molar-refractivity contribution >= 4 is 13.5 Å². The minimum Gasteiger partial charge on any atom is -0.229 e. The second-order valence-electron chi connectivity index (χ2n) is 0.349. The quantitative estimate of drug-likeness (QED) is 0.335. The van der Waals surface area contributed by atoms with Crippen LogP contribution in [0.15, 0.2) is 0 Å². The Hall–Kier alpha value is -0.870. The van der Waals surface area contributed by atoms with Gasteiger partial charge in [0.2, 0.25) is 0 Å². The molecule has 0 rings (SSSR count). The fourth-order valence-electron chi connectivity index (χ4n) is 0.0250. The molecule has 1 N–H and O–H groups in total. The average Bonchev–Trinajstić information content (AvgIpc) is 1.41. The monoisotopic (exact) mass is 101 g/mol. The van der Waals surface area contributed by atoms with E-state index in [0.29, 0.717) is 0 Å². The van der Waals surface area contributed by atoms with Gasteiger partial charge in [0, 0.05) is 0 Å². The van der Waals surface area contributed by atoms with Crippen molar-refractivity contribution in [3.05, 3.63) is 0 Å². The van der Waals surface area contributed by atoms with Crippen molar-refractivity contribution in [1.82, 2.24) is 5.32 Å². The van der Waals surface area contributed by atoms with Crippen LogP contribution in [-0.2, 0) is 0 Å². The molecule has 0 spiro atoms. The molecule has 32 valence electrons. The first-order valence-corrected chi connectivity index (χ1v) is 0.947. The zero-order chi connectivity index (χ0) is 4.12. The van der Waals surface area contributed by atoms with E-state index in [1.165, 1.54) is 12.4 Å². The number of nitrogens with zero attached hydrogens (tertiary/aromatic N) is 2. The van der Waals surface area contributed by atoms with Crippen LogP contribution < -0.4 is 5.32 Å². The van der Waals surface area contributed by atoms with Crippen molar-refractivity contribution in [3.63, 3.8) is 0 Å². The molecule has 0 unspecified atom stereocenters. The molecule has 0 amide bonds. The van der Waals surface area contributed by atoms with Crippen LogP contribution in [0, 0.1) is 22.9 Å². The fourth-order valence-corrected chi connectivity index (χ4v) is 0.0250. The second kappa shape index (κ2) is 8.92. The standard InChI is InChI=1S/C2HN3.H2S/c3-1-5-2-4;/h5H;1H2. The Morgan fingerprint density at radius 1 is 1.17 bits per heavy atom. The van der Waals surface area contributed by atoms with Gasteiger partial charge in [-0.3, -0.25) is 0 Å². The Balaban J connectivity index is 0. The lowest BCUT2D eigenvalue weighted by Gasteiger charge is -1.56. The van der Waals surface area contributed by atoms with Crippen LogP contribution in [0.3, 0.4) is 0 Å². The molecule has 0 atom stereocenters. The maximum Gasteiger partial charge on any atom is 0.190 e. The van der Waals surface area contributed by atoms with Crippen molar-refractivity contribution in [3.8, 4) is 12.4 Å². The molecule has 0 saturated heterocycles. The number of rotatable bonds is 0. The van der Waals surface area contributed by atoms with Gasteiger partial charge in [0.1, 0.15) is 0 Å². The van der Waals surface area contributed by atoms with E-state index in [1.807, 2.05) is 0 Å². The van der Waals surface area contributed by atoms with Gasteiger partial charge in [-0.25, -0.2) is 5.32 Å². The van der Waals surface area contributed by atoms with Gasteiger partial charge in [-0.2, -0.15) is 24.0 Å². The maximum atomic E-state index is 7.48. The van der Waals surface area contributed by atoms with Gasteiger partial charge in [0.15, 0.2) is 12.4 Å². The normalized spacial score (nSPS) is 3.00. The van der Waals surface area contributed by atoms with Gasteiger partial charge < -0.3 is 0 Å². The summed E-state index contributed by atoms with van der Waals surface area (Å²) in [6.07, 6.45) is 2.81. The highest BCUT2D eigenvalue weighted by Crippen LogP contribution is 1.28. The van der Waals surface area contributed by atoms with E-state index in [1.54, 1.807) is 5.32 Å². The number of hydrogen-bond donors (Lipinski definition) is 1. The largest absolute Gasteiger partial charge is 0.229 e. The highest BCUT2D eigenvalue weighted by molar-refractivity contribution is 7.59. The van der Waals surface area contributed by atoms with E-state index in [9.17, 15) is 0 Å². The van der Waals surface area contributed by atoms with Crippen LogP contribution in [0.1, 0.15) is 0 Å². The zero-order valence-electron chi connectivity index (χ0n) is 2.89. The molecule has 0 fully saturated rings. The van der Waals surface area contributed by atoms with Crippen LogP contribution >= 0.6 is 13.5 Å². The summed E-state index contributed by atoms with van der Waals surface area (Å²) in [6.45, 7) is 0. The fraction of sp³-hybridized carbons (Fsp3) is 0. The van der Waals surface area contributed by atoms with Gasteiger partial charge in [-0.05, 0) is 0 Å². The summed E-state index contributed by atoms with van der Waals surface area (Å²) < 4.78 is 0. The molecule has 0 aliphatic carbocycles. The average molecular weight is 101 g/mol. The minimum absolute atomic E-state index is 0. The minimum atomic E-state index is 0. The predicted octanol–water partition coefficient (Wildman–Crippen LogP) is -0.349. The lowest BCUT2D eigenvalue weighted by molar-refractivity contribution is 1.20. The van der Waals surface area contributed by atoms with E-state index in [-0.39, 0.29) is 13.5 Å². The number of nitriles is 2. The topological polar surface area (TPSA) is 59.6 Å². The first-order valence-electron chi connectivity index (χ1n) is 0.947. The molecule has 4 heteroatoms. The smallest absolute Gasteiger partial charge is 0.190 e. The Labute approximate surface area is 42.6 Å². The molecular weight excluding hydrogens is 98.1 g/mol. The molecule has 6 heavy (non-hydrogen) atoms. The van der Waals surface area contributed by atoms with E-state index >= 15 is 0 Å². The Kier molecular flexibility index (Phi) is 13.3. The summed E-state index contributed by atoms with van der Waals surface area (Å²) >= 11 is 0. The van der Waals surface area contributed by atoms with Crippen molar-refractivity contribution in [2.24, 2.45) is 0 Å². The van der Waals surface area contributed by atoms with Crippen LogP contribution in [-0.4, -0.2) is 0 Å². The Morgan fingerprint density at radius 2 is 1.50 bits per heavy atom. The molecule has 3 nitrogen and oxygen atoms in total. The molecule has 0 radical (unpaired) electrons. The van der Waals surface area contributed by atoms with Gasteiger partial charge in [-0.15, -0.1) is 0 Å². The molecule has 0 aliphatic heterocycles. The molecule has 0 heterocycles. The summed E-state index contributed by atoms with van der Waals surface area (Å²) in [7, 11) is 0. The third-order valence-electron chi connectivity index (χ3n) is 0.112. The lowest BCUT2D eigenvalue weighted by Crippen LogP contribution is -1.88. The maximum absolute atomic E-state index is 7.48. The summed E-state index contributed by atoms with van der Waals surface area (Å²) in [5.41, 5.74) is 0. The van der Waals surface area contributed by atoms with E-state index in [4.69, 9.17) is 10.5 Å². The SMILES string of the molecule is N#CNC#N.S. The first kappa shape index (κ1) is 8.93. The highest BCUT2D eigenvalue weighted by atomic mass is 32.1. The lowest BCUT2D eigenvalue weighted by atomic mass is 11.2. The molecule has 0 aromatic heterocycles. The molecule has 0 aliphatic rings. The van der Waals surface area contributed by atoms with Crippen LogP contribution in [0.5, 0.6) is 0 Å². The summed E-state index contributed by atoms with van der Waals surface area (Å²) in [6, 6.07) is 0. The van der Waals surface area contributed by atoms with Gasteiger partial charge >= 0.3 is 0 Å². The van der Waals surface area contributed by atoms with Crippen molar-refractivity contribution in [2.45, 2.75) is 0 Å². The molecule has 0 bridgehead atoms. The van der Waals surface area contributed by atoms with Crippen molar-refractivity contribution in [1.29, 1.82) is 10.5 Å².